The Kier molecular flexibility index (Phi) is 12.7. The number of fused-ring (bicyclic) bond motifs is 1. The smallest absolute Gasteiger partial charge is 0.338 e. The molecule has 1 aliphatic heterocycles. The fraction of sp³-hybridized carbons (Fsp3) is 0.385. The van der Waals surface area contributed by atoms with Crippen LogP contribution in [0.2, 0.25) is 0 Å². The van der Waals surface area contributed by atoms with E-state index < -0.39 is 54.8 Å². The van der Waals surface area contributed by atoms with Crippen LogP contribution >= 0.6 is 0 Å². The third-order valence-electron chi connectivity index (χ3n) is 8.64. The first kappa shape index (κ1) is 37.5. The van der Waals surface area contributed by atoms with Crippen LogP contribution in [0.4, 0.5) is 11.4 Å². The van der Waals surface area contributed by atoms with Crippen molar-refractivity contribution in [3.05, 3.63) is 93.5 Å². The fourth-order valence-corrected chi connectivity index (χ4v) is 6.03. The number of imide groups is 1. The van der Waals surface area contributed by atoms with Crippen LogP contribution < -0.4 is 10.6 Å². The van der Waals surface area contributed by atoms with Crippen molar-refractivity contribution in [3.63, 3.8) is 0 Å². The number of carbonyl (C=O) groups is 6. The van der Waals surface area contributed by atoms with Crippen LogP contribution in [0.3, 0.4) is 0 Å². The lowest BCUT2D eigenvalue weighted by Gasteiger charge is -2.26. The number of carbonyl (C=O) groups excluding carboxylic acids is 6. The van der Waals surface area contributed by atoms with E-state index in [1.165, 1.54) is 18.2 Å². The van der Waals surface area contributed by atoms with Crippen LogP contribution in [0.5, 0.6) is 0 Å². The number of hydrogen-bond acceptors (Lipinski definition) is 8. The monoisotopic (exact) mass is 683 g/mol. The van der Waals surface area contributed by atoms with Crippen molar-refractivity contribution < 1.29 is 38.2 Å². The summed E-state index contributed by atoms with van der Waals surface area (Å²) >= 11 is 0. The van der Waals surface area contributed by atoms with Gasteiger partial charge in [-0.05, 0) is 78.5 Å². The highest BCUT2D eigenvalue weighted by Gasteiger charge is 2.44. The molecule has 0 fully saturated rings. The van der Waals surface area contributed by atoms with Gasteiger partial charge < -0.3 is 20.1 Å². The summed E-state index contributed by atoms with van der Waals surface area (Å²) in [6.07, 6.45) is 2.90. The normalized spacial score (nSPS) is 12.8. The highest BCUT2D eigenvalue weighted by molar-refractivity contribution is 6.23. The van der Waals surface area contributed by atoms with E-state index in [2.05, 4.69) is 10.6 Å². The number of aryl methyl sites for hydroxylation is 4. The van der Waals surface area contributed by atoms with Crippen LogP contribution in [0.15, 0.2) is 54.6 Å². The highest BCUT2D eigenvalue weighted by atomic mass is 16.5. The highest BCUT2D eigenvalue weighted by Crippen LogP contribution is 2.29. The van der Waals surface area contributed by atoms with Crippen molar-refractivity contribution in [1.82, 2.24) is 4.90 Å². The van der Waals surface area contributed by atoms with Crippen molar-refractivity contribution in [2.75, 3.05) is 23.8 Å². The molecule has 0 bridgehead atoms. The second-order valence-electron chi connectivity index (χ2n) is 12.5. The quantitative estimate of drug-likeness (QED) is 0.148. The lowest BCUT2D eigenvalue weighted by Crippen LogP contribution is -2.46. The van der Waals surface area contributed by atoms with Crippen molar-refractivity contribution >= 4 is 46.9 Å². The van der Waals surface area contributed by atoms with E-state index in [4.69, 9.17) is 9.47 Å². The molecule has 50 heavy (non-hydrogen) atoms. The molecule has 2 N–H and O–H groups in total. The Hall–Kier alpha value is -5.32. The van der Waals surface area contributed by atoms with Crippen LogP contribution in [0, 0.1) is 5.92 Å². The molecule has 0 aliphatic carbocycles. The maximum atomic E-state index is 13.6. The largest absolute Gasteiger partial charge is 0.454 e. The summed E-state index contributed by atoms with van der Waals surface area (Å²) < 4.78 is 10.6. The zero-order chi connectivity index (χ0) is 36.5. The second-order valence-corrected chi connectivity index (χ2v) is 12.5. The third kappa shape index (κ3) is 8.45. The Morgan fingerprint density at radius 3 is 1.58 bits per heavy atom. The van der Waals surface area contributed by atoms with Crippen LogP contribution in [0.25, 0.3) is 0 Å². The summed E-state index contributed by atoms with van der Waals surface area (Å²) in [6.45, 7) is 10.4. The SMILES string of the molecule is CCc1cccc(CC)c1NC(=O)COC(=O)c1ccc2c(c1)C(=O)N(C(CC(C)C)C(=O)OCC(=O)Nc1c(CC)cccc1CC)C2=O. The first-order valence-electron chi connectivity index (χ1n) is 17.1. The Morgan fingerprint density at radius 1 is 0.660 bits per heavy atom. The molecule has 1 heterocycles. The van der Waals surface area contributed by atoms with Crippen LogP contribution in [0.1, 0.15) is 101 Å². The van der Waals surface area contributed by atoms with Gasteiger partial charge in [-0.2, -0.15) is 0 Å². The van der Waals surface area contributed by atoms with Gasteiger partial charge in [0.1, 0.15) is 6.04 Å². The number of benzene rings is 3. The van der Waals surface area contributed by atoms with Gasteiger partial charge in [0.05, 0.1) is 16.7 Å². The first-order valence-corrected chi connectivity index (χ1v) is 17.1. The van der Waals surface area contributed by atoms with E-state index in [1.54, 1.807) is 0 Å². The standard InChI is InChI=1S/C39H45N3O8/c1-7-24-13-11-14-25(8-2)34(24)40-32(43)21-49-38(47)28-17-18-29-30(20-28)37(46)42(36(29)45)31(19-23(5)6)39(48)50-22-33(44)41-35-26(9-3)15-12-16-27(35)10-4/h11-18,20,23,31H,7-10,19,21-22H2,1-6H3,(H,40,43)(H,41,44). The van der Waals surface area contributed by atoms with Gasteiger partial charge in [0.15, 0.2) is 13.2 Å². The summed E-state index contributed by atoms with van der Waals surface area (Å²) in [5.74, 6) is -4.44. The van der Waals surface area contributed by atoms with Gasteiger partial charge in [-0.15, -0.1) is 0 Å². The van der Waals surface area contributed by atoms with Crippen molar-refractivity contribution in [2.24, 2.45) is 5.92 Å². The number of nitrogens with one attached hydrogen (secondary N) is 2. The predicted molar refractivity (Wildman–Crippen MR) is 189 cm³/mol. The van der Waals surface area contributed by atoms with Gasteiger partial charge in [0.2, 0.25) is 0 Å². The number of anilines is 2. The third-order valence-corrected chi connectivity index (χ3v) is 8.64. The molecule has 264 valence electrons. The molecule has 0 aromatic heterocycles. The number of amides is 4. The molecule has 0 saturated carbocycles. The van der Waals surface area contributed by atoms with Crippen LogP contribution in [-0.2, 0) is 49.5 Å². The number of para-hydroxylation sites is 2. The van der Waals surface area contributed by atoms with Crippen molar-refractivity contribution in [3.8, 4) is 0 Å². The van der Waals surface area contributed by atoms with Crippen molar-refractivity contribution in [2.45, 2.75) is 79.7 Å². The Bertz CT molecular complexity index is 1750. The topological polar surface area (TPSA) is 148 Å². The summed E-state index contributed by atoms with van der Waals surface area (Å²) in [6, 6.07) is 14.1. The Morgan fingerprint density at radius 2 is 1.12 bits per heavy atom. The predicted octanol–water partition coefficient (Wildman–Crippen LogP) is 5.92. The molecule has 0 saturated heterocycles. The molecule has 1 unspecified atom stereocenters. The van der Waals surface area contributed by atoms with Gasteiger partial charge in [-0.1, -0.05) is 77.9 Å². The lowest BCUT2D eigenvalue weighted by atomic mass is 10.0. The van der Waals surface area contributed by atoms with E-state index in [0.29, 0.717) is 37.1 Å². The zero-order valence-electron chi connectivity index (χ0n) is 29.5. The molecule has 4 amide bonds. The zero-order valence-corrected chi connectivity index (χ0v) is 29.5. The number of ether oxygens (including phenoxy) is 2. The molecule has 1 aliphatic rings. The summed E-state index contributed by atoms with van der Waals surface area (Å²) in [7, 11) is 0. The molecule has 0 spiro atoms. The molecule has 0 radical (unpaired) electrons. The number of nitrogens with zero attached hydrogens (tertiary/aromatic N) is 1. The average molecular weight is 684 g/mol. The average Bonchev–Trinajstić information content (AvgIpc) is 3.36. The van der Waals surface area contributed by atoms with Gasteiger partial charge in [0.25, 0.3) is 23.6 Å². The molecular formula is C39H45N3O8. The van der Waals surface area contributed by atoms with E-state index in [0.717, 1.165) is 27.2 Å². The minimum absolute atomic E-state index is 0.00938. The first-order chi connectivity index (χ1) is 23.9. The van der Waals surface area contributed by atoms with Gasteiger partial charge in [0, 0.05) is 11.4 Å². The molecule has 4 rings (SSSR count). The van der Waals surface area contributed by atoms with E-state index in [1.807, 2.05) is 77.9 Å². The van der Waals surface area contributed by atoms with Gasteiger partial charge in [-0.25, -0.2) is 9.59 Å². The van der Waals surface area contributed by atoms with Gasteiger partial charge >= 0.3 is 11.9 Å². The van der Waals surface area contributed by atoms with Gasteiger partial charge in [-0.3, -0.25) is 24.1 Å². The summed E-state index contributed by atoms with van der Waals surface area (Å²) in [5.41, 5.74) is 5.08. The molecule has 1 atom stereocenters. The van der Waals surface area contributed by atoms with Crippen LogP contribution in [-0.4, -0.2) is 59.7 Å². The second kappa shape index (κ2) is 16.9. The Labute approximate surface area is 292 Å². The molecule has 11 nitrogen and oxygen atoms in total. The minimum atomic E-state index is -1.30. The van der Waals surface area contributed by atoms with E-state index in [-0.39, 0.29) is 29.0 Å². The maximum absolute atomic E-state index is 13.6. The number of esters is 2. The van der Waals surface area contributed by atoms with E-state index >= 15 is 0 Å². The van der Waals surface area contributed by atoms with E-state index in [9.17, 15) is 28.8 Å². The summed E-state index contributed by atoms with van der Waals surface area (Å²) in [5, 5.41) is 5.68. The minimum Gasteiger partial charge on any atom is -0.454 e. The lowest BCUT2D eigenvalue weighted by molar-refractivity contribution is -0.151. The Balaban J connectivity index is 1.43. The molecule has 11 heteroatoms. The molecule has 3 aromatic rings. The molecule has 3 aromatic carbocycles. The molecular weight excluding hydrogens is 638 g/mol. The fourth-order valence-electron chi connectivity index (χ4n) is 6.03. The van der Waals surface area contributed by atoms with Crippen molar-refractivity contribution in [1.29, 1.82) is 0 Å². The number of hydrogen-bond donors (Lipinski definition) is 2. The maximum Gasteiger partial charge on any atom is 0.338 e. The summed E-state index contributed by atoms with van der Waals surface area (Å²) in [4.78, 5) is 79.8. The number of rotatable bonds is 15.